The van der Waals surface area contributed by atoms with Crippen LogP contribution in [-0.2, 0) is 14.3 Å². The minimum atomic E-state index is -0.129. The van der Waals surface area contributed by atoms with Crippen LogP contribution in [0.1, 0.15) is 78.6 Å². The van der Waals surface area contributed by atoms with Crippen LogP contribution in [0.4, 0.5) is 0 Å². The van der Waals surface area contributed by atoms with Crippen molar-refractivity contribution < 1.29 is 14.3 Å². The van der Waals surface area contributed by atoms with Gasteiger partial charge in [0.05, 0.1) is 0 Å². The van der Waals surface area contributed by atoms with E-state index >= 15 is 0 Å². The molecule has 4 fully saturated rings. The van der Waals surface area contributed by atoms with Gasteiger partial charge in [-0.25, -0.2) is 0 Å². The second-order valence-electron chi connectivity index (χ2n) is 9.58. The highest BCUT2D eigenvalue weighted by molar-refractivity contribution is 5.87. The Labute approximate surface area is 145 Å². The third-order valence-corrected chi connectivity index (χ3v) is 8.66. The van der Waals surface area contributed by atoms with E-state index in [-0.39, 0.29) is 17.5 Å². The summed E-state index contributed by atoms with van der Waals surface area (Å²) in [6.45, 7) is 6.30. The first-order valence-corrected chi connectivity index (χ1v) is 10.0. The lowest BCUT2D eigenvalue weighted by Crippen LogP contribution is -2.54. The van der Waals surface area contributed by atoms with Crippen molar-refractivity contribution in [1.82, 2.24) is 0 Å². The summed E-state index contributed by atoms with van der Waals surface area (Å²) in [5.74, 6) is 3.26. The Morgan fingerprint density at radius 2 is 1.83 bits per heavy atom. The summed E-state index contributed by atoms with van der Waals surface area (Å²) >= 11 is 0. The van der Waals surface area contributed by atoms with Crippen molar-refractivity contribution in [2.24, 2.45) is 34.5 Å². The highest BCUT2D eigenvalue weighted by Gasteiger charge is 2.60. The molecule has 6 unspecified atom stereocenters. The number of hydrogen-bond acceptors (Lipinski definition) is 3. The van der Waals surface area contributed by atoms with Gasteiger partial charge in [0.2, 0.25) is 0 Å². The quantitative estimate of drug-likeness (QED) is 0.663. The summed E-state index contributed by atoms with van der Waals surface area (Å²) < 4.78 is 5.54. The zero-order chi connectivity index (χ0) is 17.1. The zero-order valence-electron chi connectivity index (χ0n) is 15.5. The fourth-order valence-corrected chi connectivity index (χ4v) is 7.33. The molecule has 24 heavy (non-hydrogen) atoms. The Bertz CT molecular complexity index is 555. The fraction of sp³-hybridized carbons (Fsp3) is 0.905. The molecule has 0 spiro atoms. The molecule has 0 aliphatic heterocycles. The molecule has 0 aromatic rings. The Morgan fingerprint density at radius 1 is 1.04 bits per heavy atom. The topological polar surface area (TPSA) is 43.4 Å². The summed E-state index contributed by atoms with van der Waals surface area (Å²) in [5, 5.41) is 0. The summed E-state index contributed by atoms with van der Waals surface area (Å²) in [4.78, 5) is 23.8. The van der Waals surface area contributed by atoms with E-state index in [9.17, 15) is 9.59 Å². The van der Waals surface area contributed by atoms with Crippen LogP contribution < -0.4 is 0 Å². The van der Waals surface area contributed by atoms with Crippen LogP contribution in [0, 0.1) is 34.5 Å². The van der Waals surface area contributed by atoms with Gasteiger partial charge in [0.1, 0.15) is 11.9 Å². The predicted molar refractivity (Wildman–Crippen MR) is 92.3 cm³/mol. The van der Waals surface area contributed by atoms with Crippen LogP contribution >= 0.6 is 0 Å². The van der Waals surface area contributed by atoms with Gasteiger partial charge >= 0.3 is 5.97 Å². The summed E-state index contributed by atoms with van der Waals surface area (Å²) in [6.07, 6.45) is 10.2. The molecule has 4 rings (SSSR count). The van der Waals surface area contributed by atoms with Gasteiger partial charge in [-0.1, -0.05) is 13.8 Å². The van der Waals surface area contributed by atoms with E-state index in [0.717, 1.165) is 43.9 Å². The van der Waals surface area contributed by atoms with Gasteiger partial charge < -0.3 is 4.74 Å². The second-order valence-corrected chi connectivity index (χ2v) is 9.58. The first-order chi connectivity index (χ1) is 11.3. The van der Waals surface area contributed by atoms with E-state index in [4.69, 9.17) is 4.74 Å². The molecule has 0 saturated heterocycles. The average molecular weight is 332 g/mol. The monoisotopic (exact) mass is 332 g/mol. The normalized spacial score (nSPS) is 50.6. The van der Waals surface area contributed by atoms with Gasteiger partial charge in [-0.3, -0.25) is 9.59 Å². The lowest BCUT2D eigenvalue weighted by Gasteiger charge is -2.60. The number of rotatable bonds is 1. The fourth-order valence-electron chi connectivity index (χ4n) is 7.33. The molecule has 0 N–H and O–H groups in total. The van der Waals surface area contributed by atoms with Crippen molar-refractivity contribution in [3.8, 4) is 0 Å². The molecule has 134 valence electrons. The van der Waals surface area contributed by atoms with Crippen LogP contribution in [0.3, 0.4) is 0 Å². The maximum atomic E-state index is 12.5. The number of carbonyl (C=O) groups excluding carboxylic acids is 2. The number of fused-ring (bicyclic) bond motifs is 5. The van der Waals surface area contributed by atoms with Gasteiger partial charge in [0.15, 0.2) is 0 Å². The smallest absolute Gasteiger partial charge is 0.302 e. The van der Waals surface area contributed by atoms with Crippen molar-refractivity contribution in [2.75, 3.05) is 0 Å². The van der Waals surface area contributed by atoms with Gasteiger partial charge in [0.25, 0.3) is 0 Å². The number of esters is 1. The highest BCUT2D eigenvalue weighted by atomic mass is 16.5. The first kappa shape index (κ1) is 16.6. The van der Waals surface area contributed by atoms with E-state index in [1.807, 2.05) is 0 Å². The van der Waals surface area contributed by atoms with Crippen LogP contribution in [-0.4, -0.2) is 17.9 Å². The molecular weight excluding hydrogens is 300 g/mol. The van der Waals surface area contributed by atoms with Gasteiger partial charge in [-0.15, -0.1) is 0 Å². The molecule has 0 radical (unpaired) electrons. The molecule has 0 aromatic carbocycles. The molecule has 3 nitrogen and oxygen atoms in total. The largest absolute Gasteiger partial charge is 0.463 e. The number of Topliss-reactive ketones (excluding diaryl/α,β-unsaturated/α-hetero) is 1. The molecule has 4 aliphatic rings. The molecule has 3 heteroatoms. The van der Waals surface area contributed by atoms with E-state index in [1.165, 1.54) is 32.6 Å². The van der Waals surface area contributed by atoms with Crippen molar-refractivity contribution in [2.45, 2.75) is 84.7 Å². The van der Waals surface area contributed by atoms with Crippen molar-refractivity contribution >= 4 is 11.8 Å². The Morgan fingerprint density at radius 3 is 2.58 bits per heavy atom. The van der Waals surface area contributed by atoms with Crippen LogP contribution in [0.5, 0.6) is 0 Å². The minimum absolute atomic E-state index is 0.0146. The SMILES string of the molecule is CC(=O)OC1CCC2(C)C(CCC3C2CC[C@]2(C)C(=O)CCC32)C1. The second kappa shape index (κ2) is 5.57. The Hall–Kier alpha value is -0.860. The van der Waals surface area contributed by atoms with Crippen molar-refractivity contribution in [3.63, 3.8) is 0 Å². The third kappa shape index (κ3) is 2.29. The van der Waals surface area contributed by atoms with E-state index < -0.39 is 0 Å². The number of carbonyl (C=O) groups is 2. The summed E-state index contributed by atoms with van der Waals surface area (Å²) in [7, 11) is 0. The molecule has 0 heterocycles. The molecule has 0 bridgehead atoms. The number of hydrogen-bond donors (Lipinski definition) is 0. The van der Waals surface area contributed by atoms with Crippen LogP contribution in [0.2, 0.25) is 0 Å². The Balaban J connectivity index is 1.54. The maximum absolute atomic E-state index is 12.5. The van der Waals surface area contributed by atoms with Gasteiger partial charge in [-0.05, 0) is 80.5 Å². The summed E-state index contributed by atoms with van der Waals surface area (Å²) in [5.41, 5.74) is 0.381. The number of ether oxygens (including phenoxy) is 1. The first-order valence-electron chi connectivity index (χ1n) is 10.0. The highest BCUT2D eigenvalue weighted by Crippen LogP contribution is 2.65. The molecule has 4 saturated carbocycles. The minimum Gasteiger partial charge on any atom is -0.463 e. The van der Waals surface area contributed by atoms with Crippen molar-refractivity contribution in [1.29, 1.82) is 0 Å². The molecule has 0 amide bonds. The van der Waals surface area contributed by atoms with Crippen LogP contribution in [0.15, 0.2) is 0 Å². The average Bonchev–Trinajstić information content (AvgIpc) is 2.83. The maximum Gasteiger partial charge on any atom is 0.302 e. The van der Waals surface area contributed by atoms with E-state index in [0.29, 0.717) is 23.0 Å². The predicted octanol–water partition coefficient (Wildman–Crippen LogP) is 4.53. The summed E-state index contributed by atoms with van der Waals surface area (Å²) in [6, 6.07) is 0. The molecule has 4 aliphatic carbocycles. The number of ketones is 1. The van der Waals surface area contributed by atoms with Gasteiger partial charge in [-0.2, -0.15) is 0 Å². The van der Waals surface area contributed by atoms with Crippen molar-refractivity contribution in [3.05, 3.63) is 0 Å². The zero-order valence-corrected chi connectivity index (χ0v) is 15.5. The van der Waals surface area contributed by atoms with E-state index in [2.05, 4.69) is 13.8 Å². The lowest BCUT2D eigenvalue weighted by molar-refractivity contribution is -0.160. The molecular formula is C21H32O3. The lowest BCUT2D eigenvalue weighted by atomic mass is 9.45. The molecule has 7 atom stereocenters. The third-order valence-electron chi connectivity index (χ3n) is 8.66. The van der Waals surface area contributed by atoms with E-state index in [1.54, 1.807) is 0 Å². The van der Waals surface area contributed by atoms with Crippen LogP contribution in [0.25, 0.3) is 0 Å². The van der Waals surface area contributed by atoms with Gasteiger partial charge in [0, 0.05) is 18.8 Å². The Kier molecular flexibility index (Phi) is 3.85. The molecule has 0 aromatic heterocycles. The standard InChI is InChI=1S/C21H32O3/c1-13(22)24-15-8-10-20(2)14(12-15)4-5-16-17-6-7-19(23)21(17,3)11-9-18(16)20/h14-18H,4-12H2,1-3H3/t14?,15?,16?,17?,18?,20?,21-/m0/s1.